The highest BCUT2D eigenvalue weighted by Gasteiger charge is 2.26. The number of halogens is 1. The molecule has 7 nitrogen and oxygen atoms in total. The van der Waals surface area contributed by atoms with Gasteiger partial charge in [-0.25, -0.2) is 8.42 Å². The van der Waals surface area contributed by atoms with Crippen molar-refractivity contribution < 1.29 is 13.2 Å². The highest BCUT2D eigenvalue weighted by molar-refractivity contribution is 7.89. The molecule has 2 heterocycles. The van der Waals surface area contributed by atoms with Crippen molar-refractivity contribution >= 4 is 45.4 Å². The smallest absolute Gasteiger partial charge is 0.244 e. The third-order valence-corrected chi connectivity index (χ3v) is 7.04. The first kappa shape index (κ1) is 21.6. The molecule has 148 valence electrons. The molecule has 1 fully saturated rings. The van der Waals surface area contributed by atoms with E-state index in [1.807, 2.05) is 6.92 Å². The fourth-order valence-electron chi connectivity index (χ4n) is 2.92. The minimum atomic E-state index is -3.55. The molecule has 3 rings (SSSR count). The van der Waals surface area contributed by atoms with Crippen LogP contribution in [0.3, 0.4) is 0 Å². The van der Waals surface area contributed by atoms with Crippen LogP contribution in [0.15, 0.2) is 34.7 Å². The van der Waals surface area contributed by atoms with Crippen LogP contribution < -0.4 is 10.1 Å². The molecule has 0 aliphatic carbocycles. The second-order valence-electron chi connectivity index (χ2n) is 6.33. The van der Waals surface area contributed by atoms with E-state index in [1.54, 1.807) is 23.7 Å². The molecule has 1 amide bonds. The maximum absolute atomic E-state index is 12.8. The van der Waals surface area contributed by atoms with Crippen molar-refractivity contribution in [3.05, 3.63) is 40.1 Å². The summed E-state index contributed by atoms with van der Waals surface area (Å²) in [5.74, 6) is -0.294. The Hall–Kier alpha value is -1.68. The van der Waals surface area contributed by atoms with Gasteiger partial charge in [-0.05, 0) is 37.5 Å². The number of thiazole rings is 1. The molecule has 1 aromatic heterocycles. The van der Waals surface area contributed by atoms with Crippen LogP contribution in [0.2, 0.25) is 0 Å². The largest absolute Gasteiger partial charge is 0.324 e. The van der Waals surface area contributed by atoms with Gasteiger partial charge >= 0.3 is 0 Å². The first-order valence-corrected chi connectivity index (χ1v) is 10.8. The average molecular weight is 431 g/mol. The summed E-state index contributed by atoms with van der Waals surface area (Å²) in [5.41, 5.74) is 1.27. The molecule has 0 spiro atoms. The number of aryl methyl sites for hydroxylation is 1. The van der Waals surface area contributed by atoms with Gasteiger partial charge in [0.1, 0.15) is 6.54 Å². The number of rotatable bonds is 5. The van der Waals surface area contributed by atoms with E-state index in [1.165, 1.54) is 26.3 Å². The van der Waals surface area contributed by atoms with Crippen LogP contribution in [-0.4, -0.2) is 36.3 Å². The lowest BCUT2D eigenvalue weighted by atomic mass is 10.2. The Morgan fingerprint density at radius 1 is 1.26 bits per heavy atom. The van der Waals surface area contributed by atoms with Crippen molar-refractivity contribution in [3.8, 4) is 0 Å². The Morgan fingerprint density at radius 3 is 2.59 bits per heavy atom. The Kier molecular flexibility index (Phi) is 7.21. The number of nitrogens with one attached hydrogen (secondary N) is 2. The molecule has 1 aromatic carbocycles. The lowest BCUT2D eigenvalue weighted by Crippen LogP contribution is -2.35. The predicted molar refractivity (Wildman–Crippen MR) is 108 cm³/mol. The molecule has 1 aliphatic heterocycles. The van der Waals surface area contributed by atoms with Gasteiger partial charge in [0.25, 0.3) is 0 Å². The lowest BCUT2D eigenvalue weighted by Gasteiger charge is -2.26. The van der Waals surface area contributed by atoms with E-state index >= 15 is 0 Å². The van der Waals surface area contributed by atoms with Crippen molar-refractivity contribution in [1.29, 1.82) is 5.41 Å². The van der Waals surface area contributed by atoms with Gasteiger partial charge in [0.15, 0.2) is 4.80 Å². The summed E-state index contributed by atoms with van der Waals surface area (Å²) < 4.78 is 28.7. The van der Waals surface area contributed by atoms with Crippen LogP contribution in [0.25, 0.3) is 0 Å². The van der Waals surface area contributed by atoms with Crippen molar-refractivity contribution in [1.82, 2.24) is 8.87 Å². The third kappa shape index (κ3) is 4.98. The first-order valence-electron chi connectivity index (χ1n) is 8.47. The number of carbonyl (C=O) groups is 1. The van der Waals surface area contributed by atoms with Gasteiger partial charge in [-0.15, -0.1) is 23.7 Å². The molecule has 1 saturated heterocycles. The van der Waals surface area contributed by atoms with Gasteiger partial charge in [-0.1, -0.05) is 12.5 Å². The fourth-order valence-corrected chi connectivity index (χ4v) is 5.06. The van der Waals surface area contributed by atoms with Crippen LogP contribution in [0.5, 0.6) is 0 Å². The number of hydrogen-bond donors (Lipinski definition) is 2. The van der Waals surface area contributed by atoms with Crippen LogP contribution in [0.4, 0.5) is 5.69 Å². The van der Waals surface area contributed by atoms with E-state index in [9.17, 15) is 13.2 Å². The number of benzene rings is 1. The Morgan fingerprint density at radius 2 is 1.96 bits per heavy atom. The molecule has 2 aromatic rings. The lowest BCUT2D eigenvalue weighted by molar-refractivity contribution is -0.116. The average Bonchev–Trinajstić information content (AvgIpc) is 3.02. The van der Waals surface area contributed by atoms with Crippen molar-refractivity contribution in [2.24, 2.45) is 0 Å². The Labute approximate surface area is 169 Å². The number of aromatic nitrogens is 1. The summed E-state index contributed by atoms with van der Waals surface area (Å²) >= 11 is 1.24. The maximum atomic E-state index is 12.8. The molecule has 0 unspecified atom stereocenters. The number of amides is 1. The number of piperidine rings is 1. The molecule has 0 atom stereocenters. The molecular weight excluding hydrogens is 408 g/mol. The standard InChI is InChI=1S/C17H22N4O3S2.ClH/c1-13-5-6-14(26(23,24)21-7-3-2-4-8-21)11-15(13)19-16(22)12-20-9-10-25-17(20)18;/h5-6,9-11,18H,2-4,7-8,12H2,1H3,(H,19,22);1H. The van der Waals surface area contributed by atoms with Gasteiger partial charge in [0, 0.05) is 30.4 Å². The molecule has 0 bridgehead atoms. The summed E-state index contributed by atoms with van der Waals surface area (Å²) in [4.78, 5) is 12.8. The SMILES string of the molecule is Cc1ccc(S(=O)(=O)N2CCCCC2)cc1NC(=O)Cn1ccsc1=N.Cl. The zero-order valence-electron chi connectivity index (χ0n) is 15.0. The quantitative estimate of drug-likeness (QED) is 0.763. The van der Waals surface area contributed by atoms with Gasteiger partial charge < -0.3 is 9.88 Å². The second kappa shape index (κ2) is 9.01. The van der Waals surface area contributed by atoms with Gasteiger partial charge in [0.05, 0.1) is 4.90 Å². The number of nitrogens with zero attached hydrogens (tertiary/aromatic N) is 2. The molecular formula is C17H23ClN4O3S2. The highest BCUT2D eigenvalue weighted by Crippen LogP contribution is 2.25. The molecule has 27 heavy (non-hydrogen) atoms. The molecule has 2 N–H and O–H groups in total. The van der Waals surface area contributed by atoms with Crippen molar-refractivity contribution in [3.63, 3.8) is 0 Å². The zero-order chi connectivity index (χ0) is 18.7. The number of anilines is 1. The maximum Gasteiger partial charge on any atom is 0.244 e. The second-order valence-corrected chi connectivity index (χ2v) is 9.16. The van der Waals surface area contributed by atoms with E-state index in [0.717, 1.165) is 24.8 Å². The Bertz CT molecular complexity index is 963. The van der Waals surface area contributed by atoms with Crippen LogP contribution in [-0.2, 0) is 21.4 Å². The molecule has 0 saturated carbocycles. The van der Waals surface area contributed by atoms with Gasteiger partial charge in [-0.3, -0.25) is 10.2 Å². The van der Waals surface area contributed by atoms with Crippen molar-refractivity contribution in [2.45, 2.75) is 37.6 Å². The summed E-state index contributed by atoms with van der Waals surface area (Å²) in [5, 5.41) is 12.2. The zero-order valence-corrected chi connectivity index (χ0v) is 17.4. The molecule has 1 aliphatic rings. The minimum absolute atomic E-state index is 0. The summed E-state index contributed by atoms with van der Waals surface area (Å²) in [6.45, 7) is 2.92. The van der Waals surface area contributed by atoms with Gasteiger partial charge in [0.2, 0.25) is 15.9 Å². The van der Waals surface area contributed by atoms with E-state index < -0.39 is 10.0 Å². The predicted octanol–water partition coefficient (Wildman–Crippen LogP) is 2.57. The Balaban J connectivity index is 0.00000261. The summed E-state index contributed by atoms with van der Waals surface area (Å²) in [6.07, 6.45) is 4.49. The third-order valence-electron chi connectivity index (χ3n) is 4.43. The monoisotopic (exact) mass is 430 g/mol. The number of sulfonamides is 1. The molecule has 10 heteroatoms. The van der Waals surface area contributed by atoms with E-state index in [0.29, 0.717) is 23.6 Å². The van der Waals surface area contributed by atoms with E-state index in [4.69, 9.17) is 5.41 Å². The fraction of sp³-hybridized carbons (Fsp3) is 0.412. The topological polar surface area (TPSA) is 95.3 Å². The van der Waals surface area contributed by atoms with Crippen molar-refractivity contribution in [2.75, 3.05) is 18.4 Å². The van der Waals surface area contributed by atoms with Crippen LogP contribution in [0, 0.1) is 12.3 Å². The normalized spacial score (nSPS) is 15.1. The number of carbonyl (C=O) groups excluding carboxylic acids is 1. The van der Waals surface area contributed by atoms with E-state index in [2.05, 4.69) is 5.32 Å². The molecule has 0 radical (unpaired) electrons. The summed E-state index contributed by atoms with van der Waals surface area (Å²) in [6, 6.07) is 4.82. The first-order chi connectivity index (χ1) is 12.4. The van der Waals surface area contributed by atoms with Crippen LogP contribution in [0.1, 0.15) is 24.8 Å². The highest BCUT2D eigenvalue weighted by atomic mass is 35.5. The van der Waals surface area contributed by atoms with Crippen LogP contribution >= 0.6 is 23.7 Å². The van der Waals surface area contributed by atoms with Gasteiger partial charge in [-0.2, -0.15) is 4.31 Å². The summed E-state index contributed by atoms with van der Waals surface area (Å²) in [7, 11) is -3.55. The number of hydrogen-bond acceptors (Lipinski definition) is 5. The van der Waals surface area contributed by atoms with E-state index in [-0.39, 0.29) is 29.8 Å². The minimum Gasteiger partial charge on any atom is -0.324 e.